The van der Waals surface area contributed by atoms with Gasteiger partial charge in [0.1, 0.15) is 17.3 Å². The minimum absolute atomic E-state index is 0.239. The van der Waals surface area contributed by atoms with E-state index < -0.39 is 0 Å². The average Bonchev–Trinajstić information content (AvgIpc) is 2.73. The summed E-state index contributed by atoms with van der Waals surface area (Å²) < 4.78 is 5.03. The number of benzene rings is 1. The molecule has 150 valence electrons. The van der Waals surface area contributed by atoms with Gasteiger partial charge in [0, 0.05) is 37.9 Å². The number of hydrogen-bond acceptors (Lipinski definition) is 7. The molecule has 0 spiro atoms. The van der Waals surface area contributed by atoms with Crippen molar-refractivity contribution in [2.45, 2.75) is 13.8 Å². The predicted octanol–water partition coefficient (Wildman–Crippen LogP) is 2.19. The Balaban J connectivity index is 1.71. The molecule has 0 aliphatic carbocycles. The minimum atomic E-state index is -0.378. The van der Waals surface area contributed by atoms with Crippen molar-refractivity contribution in [2.24, 2.45) is 0 Å². The van der Waals surface area contributed by atoms with Gasteiger partial charge in [0.15, 0.2) is 0 Å². The van der Waals surface area contributed by atoms with Gasteiger partial charge in [0.25, 0.3) is 5.91 Å². The maximum Gasteiger partial charge on any atom is 0.409 e. The van der Waals surface area contributed by atoms with Gasteiger partial charge in [0.2, 0.25) is 0 Å². The maximum atomic E-state index is 12.6. The predicted molar refractivity (Wildman–Crippen MR) is 107 cm³/mol. The van der Waals surface area contributed by atoms with Gasteiger partial charge in [-0.15, -0.1) is 0 Å². The van der Waals surface area contributed by atoms with E-state index in [1.165, 1.54) is 0 Å². The highest BCUT2D eigenvalue weighted by Gasteiger charge is 2.23. The smallest absolute Gasteiger partial charge is 0.409 e. The Kier molecular flexibility index (Phi) is 6.24. The van der Waals surface area contributed by atoms with Crippen LogP contribution in [-0.2, 0) is 4.74 Å². The van der Waals surface area contributed by atoms with Gasteiger partial charge in [-0.05, 0) is 32.0 Å². The van der Waals surface area contributed by atoms with Crippen molar-refractivity contribution < 1.29 is 14.3 Å². The van der Waals surface area contributed by atoms with E-state index in [4.69, 9.17) is 10.00 Å². The third kappa shape index (κ3) is 4.99. The van der Waals surface area contributed by atoms with Gasteiger partial charge in [0.05, 0.1) is 18.2 Å². The number of piperazine rings is 1. The number of nitrogens with zero attached hydrogens (tertiary/aromatic N) is 5. The lowest BCUT2D eigenvalue weighted by molar-refractivity contribution is 0.102. The fourth-order valence-electron chi connectivity index (χ4n) is 3.02. The van der Waals surface area contributed by atoms with Crippen LogP contribution in [0.1, 0.15) is 28.8 Å². The molecule has 1 aromatic heterocycles. The highest BCUT2D eigenvalue weighted by atomic mass is 16.6. The minimum Gasteiger partial charge on any atom is -0.450 e. The molecule has 3 rings (SSSR count). The quantitative estimate of drug-likeness (QED) is 0.846. The number of anilines is 2. The molecule has 2 aromatic rings. The van der Waals surface area contributed by atoms with Crippen LogP contribution in [-0.4, -0.2) is 59.7 Å². The zero-order chi connectivity index (χ0) is 20.8. The van der Waals surface area contributed by atoms with Crippen LogP contribution in [0.4, 0.5) is 16.3 Å². The van der Waals surface area contributed by atoms with Gasteiger partial charge in [-0.3, -0.25) is 4.79 Å². The fraction of sp³-hybridized carbons (Fsp3) is 0.350. The molecule has 2 heterocycles. The van der Waals surface area contributed by atoms with Crippen LogP contribution in [0.3, 0.4) is 0 Å². The van der Waals surface area contributed by atoms with Crippen LogP contribution < -0.4 is 10.2 Å². The second kappa shape index (κ2) is 9.01. The van der Waals surface area contributed by atoms with E-state index in [1.54, 1.807) is 49.1 Å². The third-order valence-corrected chi connectivity index (χ3v) is 4.44. The molecule has 0 saturated carbocycles. The summed E-state index contributed by atoms with van der Waals surface area (Å²) in [6.45, 7) is 6.06. The monoisotopic (exact) mass is 394 g/mol. The van der Waals surface area contributed by atoms with Crippen molar-refractivity contribution in [1.29, 1.82) is 5.26 Å². The Morgan fingerprint density at radius 3 is 2.66 bits per heavy atom. The van der Waals surface area contributed by atoms with Gasteiger partial charge in [-0.25, -0.2) is 14.8 Å². The van der Waals surface area contributed by atoms with Crippen LogP contribution in [0, 0.1) is 18.3 Å². The van der Waals surface area contributed by atoms with Gasteiger partial charge in [-0.2, -0.15) is 5.26 Å². The molecule has 1 saturated heterocycles. The molecule has 0 bridgehead atoms. The van der Waals surface area contributed by atoms with E-state index in [0.29, 0.717) is 55.7 Å². The van der Waals surface area contributed by atoms with Gasteiger partial charge in [-0.1, -0.05) is 6.07 Å². The van der Waals surface area contributed by atoms with Crippen LogP contribution >= 0.6 is 0 Å². The summed E-state index contributed by atoms with van der Waals surface area (Å²) in [4.78, 5) is 36.8. The van der Waals surface area contributed by atoms with E-state index >= 15 is 0 Å². The largest absolute Gasteiger partial charge is 0.450 e. The number of aromatic nitrogens is 2. The van der Waals surface area contributed by atoms with Crippen molar-refractivity contribution in [3.63, 3.8) is 0 Å². The zero-order valence-corrected chi connectivity index (χ0v) is 16.4. The molecule has 29 heavy (non-hydrogen) atoms. The fourth-order valence-corrected chi connectivity index (χ4v) is 3.02. The number of amides is 2. The topological polar surface area (TPSA) is 111 Å². The number of carbonyl (C=O) groups is 2. The molecule has 1 N–H and O–H groups in total. The molecule has 1 fully saturated rings. The van der Waals surface area contributed by atoms with Crippen molar-refractivity contribution >= 4 is 23.5 Å². The molecule has 9 nitrogen and oxygen atoms in total. The van der Waals surface area contributed by atoms with Crippen LogP contribution in [0.5, 0.6) is 0 Å². The summed E-state index contributed by atoms with van der Waals surface area (Å²) in [7, 11) is 0. The summed E-state index contributed by atoms with van der Waals surface area (Å²) in [5, 5.41) is 11.7. The van der Waals surface area contributed by atoms with Crippen LogP contribution in [0.2, 0.25) is 0 Å². The summed E-state index contributed by atoms with van der Waals surface area (Å²) in [5.74, 6) is 0.736. The lowest BCUT2D eigenvalue weighted by Gasteiger charge is -2.34. The first-order chi connectivity index (χ1) is 14.0. The van der Waals surface area contributed by atoms with Crippen LogP contribution in [0.15, 0.2) is 30.3 Å². The molecule has 9 heteroatoms. The van der Waals surface area contributed by atoms with Crippen molar-refractivity contribution in [1.82, 2.24) is 14.9 Å². The molecular weight excluding hydrogens is 372 g/mol. The Morgan fingerprint density at radius 1 is 1.21 bits per heavy atom. The molecule has 0 atom stereocenters. The highest BCUT2D eigenvalue weighted by Crippen LogP contribution is 2.17. The number of ether oxygens (including phenoxy) is 1. The average molecular weight is 394 g/mol. The number of nitriles is 1. The second-order valence-corrected chi connectivity index (χ2v) is 6.48. The molecule has 0 radical (unpaired) electrons. The van der Waals surface area contributed by atoms with Gasteiger partial charge < -0.3 is 19.9 Å². The van der Waals surface area contributed by atoms with E-state index in [9.17, 15) is 9.59 Å². The van der Waals surface area contributed by atoms with Crippen molar-refractivity contribution in [3.05, 3.63) is 47.4 Å². The Hall–Kier alpha value is -3.67. The molecule has 2 amide bonds. The highest BCUT2D eigenvalue weighted by molar-refractivity contribution is 6.03. The summed E-state index contributed by atoms with van der Waals surface area (Å²) in [5.41, 5.74) is 1.22. The van der Waals surface area contributed by atoms with E-state index in [2.05, 4.69) is 15.3 Å². The molecular formula is C20H22N6O3. The van der Waals surface area contributed by atoms with E-state index in [0.717, 1.165) is 0 Å². The lowest BCUT2D eigenvalue weighted by Crippen LogP contribution is -2.49. The Morgan fingerprint density at radius 2 is 1.97 bits per heavy atom. The Labute approximate surface area is 168 Å². The lowest BCUT2D eigenvalue weighted by atomic mass is 10.2. The summed E-state index contributed by atoms with van der Waals surface area (Å²) in [6.07, 6.45) is -0.314. The summed E-state index contributed by atoms with van der Waals surface area (Å²) in [6, 6.07) is 10.4. The van der Waals surface area contributed by atoms with Crippen molar-refractivity contribution in [3.8, 4) is 6.07 Å². The first kappa shape index (κ1) is 20.1. The second-order valence-electron chi connectivity index (χ2n) is 6.48. The van der Waals surface area contributed by atoms with E-state index in [-0.39, 0.29) is 17.7 Å². The van der Waals surface area contributed by atoms with Gasteiger partial charge >= 0.3 is 6.09 Å². The maximum absolute atomic E-state index is 12.6. The standard InChI is InChI=1S/C20H22N6O3/c1-3-29-20(28)26-9-7-25(8-10-26)18-12-17(22-14(2)23-18)19(27)24-16-6-4-5-15(11-16)13-21/h4-6,11-12H,3,7-10H2,1-2H3,(H,24,27). The summed E-state index contributed by atoms with van der Waals surface area (Å²) >= 11 is 0. The molecule has 1 aromatic carbocycles. The first-order valence-electron chi connectivity index (χ1n) is 9.34. The normalized spacial score (nSPS) is 13.6. The Bertz CT molecular complexity index is 947. The zero-order valence-electron chi connectivity index (χ0n) is 16.4. The van der Waals surface area contributed by atoms with Crippen LogP contribution in [0.25, 0.3) is 0 Å². The third-order valence-electron chi connectivity index (χ3n) is 4.44. The number of aryl methyl sites for hydroxylation is 1. The van der Waals surface area contributed by atoms with Crippen molar-refractivity contribution in [2.75, 3.05) is 43.0 Å². The first-order valence-corrected chi connectivity index (χ1v) is 9.34. The number of rotatable bonds is 4. The SMILES string of the molecule is CCOC(=O)N1CCN(c2cc(C(=O)Nc3cccc(C#N)c3)nc(C)n2)CC1. The number of nitrogens with one attached hydrogen (secondary N) is 1. The number of carbonyl (C=O) groups excluding carboxylic acids is 2. The van der Waals surface area contributed by atoms with E-state index in [1.807, 2.05) is 11.0 Å². The molecule has 1 aliphatic rings. The molecule has 1 aliphatic heterocycles. The molecule has 0 unspecified atom stereocenters. The number of hydrogen-bond donors (Lipinski definition) is 1.